The van der Waals surface area contributed by atoms with Crippen molar-refractivity contribution < 1.29 is 9.90 Å². The number of aryl methyl sites for hydroxylation is 2. The molecule has 0 unspecified atom stereocenters. The third kappa shape index (κ3) is 2.82. The smallest absolute Gasteiger partial charge is 0.274 e. The lowest BCUT2D eigenvalue weighted by molar-refractivity contribution is 0.0759. The summed E-state index contributed by atoms with van der Waals surface area (Å²) in [5.41, 5.74) is 2.34. The average Bonchev–Trinajstić information content (AvgIpc) is 3.12. The maximum absolute atomic E-state index is 12.3. The van der Waals surface area contributed by atoms with Crippen LogP contribution in [0.3, 0.4) is 0 Å². The van der Waals surface area contributed by atoms with E-state index in [0.717, 1.165) is 11.4 Å². The number of β-amino-alcohol motifs (C(OH)–C–C–N with tert-alkyl or cyclic N) is 1. The van der Waals surface area contributed by atoms with E-state index in [0.29, 0.717) is 25.2 Å². The normalized spacial score (nSPS) is 22.0. The topological polar surface area (TPSA) is 87.0 Å². The zero-order chi connectivity index (χ0) is 15.0. The van der Waals surface area contributed by atoms with Crippen molar-refractivity contribution in [2.45, 2.75) is 19.4 Å². The Bertz CT molecular complexity index is 647. The molecule has 7 nitrogen and oxygen atoms in total. The predicted molar refractivity (Wildman–Crippen MR) is 75.6 cm³/mol. The molecular formula is C14H19N5O2. The van der Waals surface area contributed by atoms with Gasteiger partial charge in [-0.15, -0.1) is 0 Å². The number of imidazole rings is 1. The van der Waals surface area contributed by atoms with E-state index in [1.807, 2.05) is 20.0 Å². The van der Waals surface area contributed by atoms with Crippen LogP contribution in [0.15, 0.2) is 18.6 Å². The van der Waals surface area contributed by atoms with E-state index in [4.69, 9.17) is 0 Å². The Balaban J connectivity index is 1.66. The van der Waals surface area contributed by atoms with E-state index in [2.05, 4.69) is 15.2 Å². The molecule has 2 atom stereocenters. The molecule has 0 saturated carbocycles. The molecule has 0 spiro atoms. The van der Waals surface area contributed by atoms with Gasteiger partial charge in [0.15, 0.2) is 0 Å². The molecule has 1 aliphatic heterocycles. The Morgan fingerprint density at radius 1 is 1.52 bits per heavy atom. The zero-order valence-corrected chi connectivity index (χ0v) is 12.2. The lowest BCUT2D eigenvalue weighted by Crippen LogP contribution is -2.29. The van der Waals surface area contributed by atoms with E-state index in [-0.39, 0.29) is 11.8 Å². The van der Waals surface area contributed by atoms with Gasteiger partial charge in [-0.1, -0.05) is 0 Å². The van der Waals surface area contributed by atoms with E-state index in [9.17, 15) is 9.90 Å². The molecule has 1 saturated heterocycles. The van der Waals surface area contributed by atoms with E-state index >= 15 is 0 Å². The van der Waals surface area contributed by atoms with E-state index in [1.54, 1.807) is 22.0 Å². The monoisotopic (exact) mass is 289 g/mol. The van der Waals surface area contributed by atoms with Crippen LogP contribution in [-0.4, -0.2) is 54.9 Å². The standard InChI is InChI=1S/C14H19N5O2/c1-9-3-11(17-16-9)4-10-5-19(7-13(10)20)14(21)12-6-18(2)8-15-12/h3,6,8,10,13,20H,4-5,7H2,1-2H3,(H,16,17)/t10-,13-/m1/s1. The molecule has 2 aromatic rings. The van der Waals surface area contributed by atoms with Gasteiger partial charge in [0, 0.05) is 37.9 Å². The molecule has 1 fully saturated rings. The molecule has 21 heavy (non-hydrogen) atoms. The molecule has 2 aromatic heterocycles. The van der Waals surface area contributed by atoms with Gasteiger partial charge < -0.3 is 14.6 Å². The van der Waals surface area contributed by atoms with Gasteiger partial charge in [-0.05, 0) is 19.4 Å². The summed E-state index contributed by atoms with van der Waals surface area (Å²) < 4.78 is 1.74. The average molecular weight is 289 g/mol. The number of nitrogens with one attached hydrogen (secondary N) is 1. The molecule has 2 N–H and O–H groups in total. The molecule has 0 aliphatic carbocycles. The molecule has 3 rings (SSSR count). The number of hydrogen-bond donors (Lipinski definition) is 2. The largest absolute Gasteiger partial charge is 0.391 e. The fourth-order valence-corrected chi connectivity index (χ4v) is 2.75. The highest BCUT2D eigenvalue weighted by molar-refractivity contribution is 5.92. The molecule has 1 aliphatic rings. The summed E-state index contributed by atoms with van der Waals surface area (Å²) in [6, 6.07) is 1.97. The van der Waals surface area contributed by atoms with Gasteiger partial charge in [-0.2, -0.15) is 5.10 Å². The maximum Gasteiger partial charge on any atom is 0.274 e. The summed E-state index contributed by atoms with van der Waals surface area (Å²) in [5.74, 6) is -0.115. The van der Waals surface area contributed by atoms with Crippen molar-refractivity contribution in [2.75, 3.05) is 13.1 Å². The first-order valence-corrected chi connectivity index (χ1v) is 6.99. The summed E-state index contributed by atoms with van der Waals surface area (Å²) in [5, 5.41) is 17.3. The lowest BCUT2D eigenvalue weighted by atomic mass is 10.0. The van der Waals surface area contributed by atoms with Crippen LogP contribution in [0.1, 0.15) is 21.9 Å². The minimum atomic E-state index is -0.519. The number of carbonyl (C=O) groups is 1. The van der Waals surface area contributed by atoms with Crippen LogP contribution in [-0.2, 0) is 13.5 Å². The highest BCUT2D eigenvalue weighted by atomic mass is 16.3. The first kappa shape index (κ1) is 13.8. The molecule has 112 valence electrons. The van der Waals surface area contributed by atoms with Gasteiger partial charge in [0.2, 0.25) is 0 Å². The molecule has 0 radical (unpaired) electrons. The van der Waals surface area contributed by atoms with Crippen molar-refractivity contribution in [3.8, 4) is 0 Å². The summed E-state index contributed by atoms with van der Waals surface area (Å²) in [6.45, 7) is 2.82. The van der Waals surface area contributed by atoms with Crippen LogP contribution in [0.5, 0.6) is 0 Å². The van der Waals surface area contributed by atoms with Crippen molar-refractivity contribution in [3.63, 3.8) is 0 Å². The SMILES string of the molecule is Cc1cc(C[C@@H]2CN(C(=O)c3cn(C)cn3)C[C@H]2O)n[nH]1. The van der Waals surface area contributed by atoms with Crippen LogP contribution in [0.2, 0.25) is 0 Å². The third-order valence-corrected chi connectivity index (χ3v) is 3.85. The van der Waals surface area contributed by atoms with Crippen molar-refractivity contribution in [1.82, 2.24) is 24.6 Å². The highest BCUT2D eigenvalue weighted by Crippen LogP contribution is 2.22. The van der Waals surface area contributed by atoms with Gasteiger partial charge >= 0.3 is 0 Å². The van der Waals surface area contributed by atoms with Gasteiger partial charge in [0.1, 0.15) is 5.69 Å². The molecule has 0 aromatic carbocycles. The molecule has 3 heterocycles. The first-order valence-electron chi connectivity index (χ1n) is 6.99. The Kier molecular flexibility index (Phi) is 3.50. The fraction of sp³-hybridized carbons (Fsp3) is 0.500. The van der Waals surface area contributed by atoms with Crippen LogP contribution in [0.25, 0.3) is 0 Å². The maximum atomic E-state index is 12.3. The Labute approximate surface area is 122 Å². The number of aromatic amines is 1. The number of rotatable bonds is 3. The summed E-state index contributed by atoms with van der Waals surface area (Å²) in [4.78, 5) is 18.1. The second-order valence-electron chi connectivity index (χ2n) is 5.71. The van der Waals surface area contributed by atoms with Crippen LogP contribution in [0.4, 0.5) is 0 Å². The summed E-state index contributed by atoms with van der Waals surface area (Å²) in [6.07, 6.45) is 3.44. The predicted octanol–water partition coefficient (Wildman–Crippen LogP) is 0.127. The number of hydrogen-bond acceptors (Lipinski definition) is 4. The van der Waals surface area contributed by atoms with Crippen molar-refractivity contribution in [3.05, 3.63) is 35.7 Å². The van der Waals surface area contributed by atoms with Crippen molar-refractivity contribution >= 4 is 5.91 Å². The van der Waals surface area contributed by atoms with Gasteiger partial charge in [-0.3, -0.25) is 9.89 Å². The number of aliphatic hydroxyl groups is 1. The summed E-state index contributed by atoms with van der Waals surface area (Å²) in [7, 11) is 1.82. The number of likely N-dealkylation sites (tertiary alicyclic amines) is 1. The molecule has 1 amide bonds. The third-order valence-electron chi connectivity index (χ3n) is 3.85. The Morgan fingerprint density at radius 3 is 2.95 bits per heavy atom. The molecular weight excluding hydrogens is 270 g/mol. The zero-order valence-electron chi connectivity index (χ0n) is 12.2. The number of H-pyrrole nitrogens is 1. The fourth-order valence-electron chi connectivity index (χ4n) is 2.75. The Morgan fingerprint density at radius 2 is 2.33 bits per heavy atom. The van der Waals surface area contributed by atoms with E-state index < -0.39 is 6.10 Å². The molecule has 0 bridgehead atoms. The number of aliphatic hydroxyl groups excluding tert-OH is 1. The highest BCUT2D eigenvalue weighted by Gasteiger charge is 2.35. The minimum absolute atomic E-state index is 0.0142. The van der Waals surface area contributed by atoms with Crippen LogP contribution >= 0.6 is 0 Å². The van der Waals surface area contributed by atoms with Crippen molar-refractivity contribution in [1.29, 1.82) is 0 Å². The first-order chi connectivity index (χ1) is 10.0. The van der Waals surface area contributed by atoms with E-state index in [1.165, 1.54) is 0 Å². The van der Waals surface area contributed by atoms with Crippen molar-refractivity contribution in [2.24, 2.45) is 13.0 Å². The number of carbonyl (C=O) groups excluding carboxylic acids is 1. The second-order valence-corrected chi connectivity index (χ2v) is 5.71. The minimum Gasteiger partial charge on any atom is -0.391 e. The van der Waals surface area contributed by atoms with Crippen LogP contribution < -0.4 is 0 Å². The van der Waals surface area contributed by atoms with Gasteiger partial charge in [0.05, 0.1) is 18.1 Å². The van der Waals surface area contributed by atoms with Gasteiger partial charge in [0.25, 0.3) is 5.91 Å². The molecule has 7 heteroatoms. The second kappa shape index (κ2) is 5.33. The summed E-state index contributed by atoms with van der Waals surface area (Å²) >= 11 is 0. The number of nitrogens with zero attached hydrogens (tertiary/aromatic N) is 4. The lowest BCUT2D eigenvalue weighted by Gasteiger charge is -2.14. The number of amides is 1. The quantitative estimate of drug-likeness (QED) is 0.840. The van der Waals surface area contributed by atoms with Crippen LogP contribution in [0, 0.1) is 12.8 Å². The number of aromatic nitrogens is 4. The van der Waals surface area contributed by atoms with Gasteiger partial charge in [-0.25, -0.2) is 4.98 Å². The Hall–Kier alpha value is -2.15.